The van der Waals surface area contributed by atoms with Crippen molar-refractivity contribution in [3.63, 3.8) is 0 Å². The summed E-state index contributed by atoms with van der Waals surface area (Å²) in [5.41, 5.74) is 2.23. The van der Waals surface area contributed by atoms with Crippen LogP contribution in [0, 0.1) is 6.92 Å². The van der Waals surface area contributed by atoms with Gasteiger partial charge in [-0.3, -0.25) is 4.79 Å². The van der Waals surface area contributed by atoms with Gasteiger partial charge >= 0.3 is 0 Å². The van der Waals surface area contributed by atoms with E-state index in [1.807, 2.05) is 31.3 Å². The monoisotopic (exact) mass is 434 g/mol. The Morgan fingerprint density at radius 2 is 2.11 bits per heavy atom. The van der Waals surface area contributed by atoms with Crippen LogP contribution in [0.15, 0.2) is 41.6 Å². The van der Waals surface area contributed by atoms with E-state index in [4.69, 9.17) is 11.6 Å². The van der Waals surface area contributed by atoms with Gasteiger partial charge in [0.2, 0.25) is 5.91 Å². The maximum atomic E-state index is 12.5. The zero-order chi connectivity index (χ0) is 20.1. The number of benzene rings is 1. The summed E-state index contributed by atoms with van der Waals surface area (Å²) in [6, 6.07) is 12.1. The highest BCUT2D eigenvalue weighted by atomic mass is 35.5. The van der Waals surface area contributed by atoms with E-state index in [0.717, 1.165) is 38.7 Å². The van der Waals surface area contributed by atoms with Crippen molar-refractivity contribution < 1.29 is 4.79 Å². The molecule has 0 aliphatic rings. The van der Waals surface area contributed by atoms with Crippen LogP contribution < -0.4 is 0 Å². The molecule has 0 atom stereocenters. The number of hydrogen-bond acceptors (Lipinski definition) is 5. The summed E-state index contributed by atoms with van der Waals surface area (Å²) >= 11 is 8.90. The Hall–Kier alpha value is -1.83. The molecule has 2 aromatic heterocycles. The molecule has 0 fully saturated rings. The average Bonchev–Trinajstić information content (AvgIpc) is 3.26. The Bertz CT molecular complexity index is 953. The van der Waals surface area contributed by atoms with Gasteiger partial charge in [0.05, 0.1) is 16.6 Å². The number of aromatic nitrogens is 3. The first kappa shape index (κ1) is 20.9. The number of thiophene rings is 1. The third-order valence-electron chi connectivity index (χ3n) is 4.21. The minimum Gasteiger partial charge on any atom is -0.340 e. The van der Waals surface area contributed by atoms with Crippen LogP contribution in [-0.4, -0.2) is 38.4 Å². The molecule has 3 rings (SSSR count). The maximum absolute atomic E-state index is 12.5. The van der Waals surface area contributed by atoms with E-state index in [1.54, 1.807) is 4.90 Å². The van der Waals surface area contributed by atoms with Crippen molar-refractivity contribution in [1.29, 1.82) is 0 Å². The van der Waals surface area contributed by atoms with Crippen molar-refractivity contribution in [1.82, 2.24) is 19.7 Å². The summed E-state index contributed by atoms with van der Waals surface area (Å²) in [7, 11) is 1.81. The molecule has 5 nitrogen and oxygen atoms in total. The van der Waals surface area contributed by atoms with Crippen molar-refractivity contribution in [2.45, 2.75) is 38.5 Å². The van der Waals surface area contributed by atoms with Crippen LogP contribution in [0.2, 0.25) is 4.34 Å². The molecule has 0 unspecified atom stereocenters. The molecule has 1 aromatic carbocycles. The van der Waals surface area contributed by atoms with Crippen LogP contribution in [0.1, 0.15) is 23.8 Å². The topological polar surface area (TPSA) is 51.0 Å². The predicted molar refractivity (Wildman–Crippen MR) is 117 cm³/mol. The Kier molecular flexibility index (Phi) is 7.15. The van der Waals surface area contributed by atoms with Crippen molar-refractivity contribution in [2.24, 2.45) is 0 Å². The molecule has 0 radical (unpaired) electrons. The zero-order valence-electron chi connectivity index (χ0n) is 16.2. The summed E-state index contributed by atoms with van der Waals surface area (Å²) in [6.45, 7) is 5.57. The summed E-state index contributed by atoms with van der Waals surface area (Å²) in [4.78, 5) is 15.3. The standard InChI is InChI=1S/C20H23ClN4OS2/c1-4-10-25-19(15-7-5-6-14(2)11-15)22-23-20(25)27-13-18(26)24(3)12-16-8-9-17(21)28-16/h5-9,11H,4,10,12-13H2,1-3H3. The quantitative estimate of drug-likeness (QED) is 0.461. The van der Waals surface area contributed by atoms with E-state index in [2.05, 4.69) is 40.7 Å². The lowest BCUT2D eigenvalue weighted by Crippen LogP contribution is -2.27. The Balaban J connectivity index is 1.69. The molecule has 0 saturated carbocycles. The van der Waals surface area contributed by atoms with Gasteiger partial charge in [-0.15, -0.1) is 21.5 Å². The number of amides is 1. The summed E-state index contributed by atoms with van der Waals surface area (Å²) in [6.07, 6.45) is 0.970. The first-order valence-corrected chi connectivity index (χ1v) is 11.3. The van der Waals surface area contributed by atoms with Crippen LogP contribution in [0.4, 0.5) is 0 Å². The minimum atomic E-state index is 0.0534. The minimum absolute atomic E-state index is 0.0534. The van der Waals surface area contributed by atoms with Gasteiger partial charge < -0.3 is 9.47 Å². The summed E-state index contributed by atoms with van der Waals surface area (Å²) in [5.74, 6) is 1.23. The fraction of sp³-hybridized carbons (Fsp3) is 0.350. The predicted octanol–water partition coefficient (Wildman–Crippen LogP) is 5.13. The third-order valence-corrected chi connectivity index (χ3v) is 6.38. The lowest BCUT2D eigenvalue weighted by Gasteiger charge is -2.16. The molecule has 2 heterocycles. The van der Waals surface area contributed by atoms with E-state index in [9.17, 15) is 4.79 Å². The molecule has 0 spiro atoms. The highest BCUT2D eigenvalue weighted by Gasteiger charge is 2.17. The van der Waals surface area contributed by atoms with Crippen LogP contribution in [0.25, 0.3) is 11.4 Å². The number of halogens is 1. The first-order valence-electron chi connectivity index (χ1n) is 9.09. The van der Waals surface area contributed by atoms with Crippen LogP contribution in [-0.2, 0) is 17.9 Å². The van der Waals surface area contributed by atoms with Gasteiger partial charge in [0.15, 0.2) is 11.0 Å². The highest BCUT2D eigenvalue weighted by Crippen LogP contribution is 2.26. The number of rotatable bonds is 8. The smallest absolute Gasteiger partial charge is 0.233 e. The fourth-order valence-electron chi connectivity index (χ4n) is 2.81. The van der Waals surface area contributed by atoms with Gasteiger partial charge in [-0.2, -0.15) is 0 Å². The second-order valence-electron chi connectivity index (χ2n) is 6.57. The maximum Gasteiger partial charge on any atom is 0.233 e. The summed E-state index contributed by atoms with van der Waals surface area (Å²) < 4.78 is 2.84. The van der Waals surface area contributed by atoms with Crippen molar-refractivity contribution in [3.05, 3.63) is 51.2 Å². The normalized spacial score (nSPS) is 11.0. The average molecular weight is 435 g/mol. The van der Waals surface area contributed by atoms with E-state index < -0.39 is 0 Å². The number of thioether (sulfide) groups is 1. The Labute approximate surface area is 178 Å². The first-order chi connectivity index (χ1) is 13.5. The number of aryl methyl sites for hydroxylation is 1. The SMILES string of the molecule is CCCn1c(SCC(=O)N(C)Cc2ccc(Cl)s2)nnc1-c1cccc(C)c1. The molecular weight excluding hydrogens is 412 g/mol. The second-order valence-corrected chi connectivity index (χ2v) is 9.31. The molecule has 0 aliphatic carbocycles. The largest absolute Gasteiger partial charge is 0.340 e. The van der Waals surface area contributed by atoms with E-state index >= 15 is 0 Å². The molecule has 0 N–H and O–H groups in total. The molecule has 28 heavy (non-hydrogen) atoms. The lowest BCUT2D eigenvalue weighted by atomic mass is 10.1. The zero-order valence-corrected chi connectivity index (χ0v) is 18.6. The molecule has 8 heteroatoms. The molecule has 148 valence electrons. The van der Waals surface area contributed by atoms with Crippen LogP contribution in [0.5, 0.6) is 0 Å². The number of nitrogens with zero attached hydrogens (tertiary/aromatic N) is 4. The number of carbonyl (C=O) groups excluding carboxylic acids is 1. The van der Waals surface area contributed by atoms with Gasteiger partial charge in [-0.05, 0) is 31.5 Å². The fourth-order valence-corrected chi connectivity index (χ4v) is 4.86. The van der Waals surface area contributed by atoms with E-state index in [1.165, 1.54) is 28.7 Å². The Morgan fingerprint density at radius 1 is 1.29 bits per heavy atom. The van der Waals surface area contributed by atoms with Crippen molar-refractivity contribution >= 4 is 40.6 Å². The molecule has 0 saturated heterocycles. The van der Waals surface area contributed by atoms with Crippen molar-refractivity contribution in [3.8, 4) is 11.4 Å². The number of hydrogen-bond donors (Lipinski definition) is 0. The third kappa shape index (κ3) is 5.16. The lowest BCUT2D eigenvalue weighted by molar-refractivity contribution is -0.127. The number of carbonyl (C=O) groups is 1. The van der Waals surface area contributed by atoms with Crippen LogP contribution in [0.3, 0.4) is 0 Å². The second kappa shape index (κ2) is 9.58. The molecule has 0 bridgehead atoms. The van der Waals surface area contributed by atoms with Gasteiger partial charge in [-0.25, -0.2) is 0 Å². The highest BCUT2D eigenvalue weighted by molar-refractivity contribution is 7.99. The molecular formula is C20H23ClN4OS2. The van der Waals surface area contributed by atoms with E-state index in [-0.39, 0.29) is 5.91 Å². The van der Waals surface area contributed by atoms with Gasteiger partial charge in [0, 0.05) is 24.0 Å². The van der Waals surface area contributed by atoms with Crippen molar-refractivity contribution in [2.75, 3.05) is 12.8 Å². The summed E-state index contributed by atoms with van der Waals surface area (Å²) in [5, 5.41) is 9.52. The van der Waals surface area contributed by atoms with Gasteiger partial charge in [0.25, 0.3) is 0 Å². The molecule has 1 amide bonds. The van der Waals surface area contributed by atoms with E-state index in [0.29, 0.717) is 12.3 Å². The van der Waals surface area contributed by atoms with Gasteiger partial charge in [-0.1, -0.05) is 54.0 Å². The van der Waals surface area contributed by atoms with Gasteiger partial charge in [0.1, 0.15) is 0 Å². The molecule has 0 aliphatic heterocycles. The van der Waals surface area contributed by atoms with Crippen LogP contribution >= 0.6 is 34.7 Å². The Morgan fingerprint density at radius 3 is 2.79 bits per heavy atom. The molecule has 3 aromatic rings.